The fraction of sp³-hybridized carbons (Fsp3) is 0.250. The number of thiazole rings is 1. The molecule has 4 aromatic rings. The van der Waals surface area contributed by atoms with E-state index in [2.05, 4.69) is 15.3 Å². The van der Waals surface area contributed by atoms with Crippen molar-refractivity contribution in [3.05, 3.63) is 59.8 Å². The lowest BCUT2D eigenvalue weighted by molar-refractivity contribution is 0.0956. The molecule has 1 amide bonds. The van der Waals surface area contributed by atoms with Crippen LogP contribution in [-0.2, 0) is 6.54 Å². The van der Waals surface area contributed by atoms with Gasteiger partial charge in [-0.05, 0) is 37.6 Å². The summed E-state index contributed by atoms with van der Waals surface area (Å²) in [5, 5.41) is 2.99. The first kappa shape index (κ1) is 18.2. The third-order valence-corrected chi connectivity index (χ3v) is 5.74. The number of hydrogen-bond acceptors (Lipinski definition) is 5. The molecule has 8 heteroatoms. The average Bonchev–Trinajstić information content (AvgIpc) is 3.43. The number of ether oxygens (including phenoxy) is 1. The number of aromatic nitrogens is 4. The van der Waals surface area contributed by atoms with E-state index < -0.39 is 0 Å². The number of nitrogens with zero attached hydrogens (tertiary/aromatic N) is 4. The molecule has 28 heavy (non-hydrogen) atoms. The van der Waals surface area contributed by atoms with Crippen LogP contribution in [-0.4, -0.2) is 38.5 Å². The molecule has 0 unspecified atom stereocenters. The summed E-state index contributed by atoms with van der Waals surface area (Å²) in [6.45, 7) is 3.40. The molecule has 0 bridgehead atoms. The van der Waals surface area contributed by atoms with Gasteiger partial charge in [0.25, 0.3) is 5.91 Å². The van der Waals surface area contributed by atoms with Crippen molar-refractivity contribution in [3.8, 4) is 17.0 Å². The van der Waals surface area contributed by atoms with E-state index >= 15 is 0 Å². The molecule has 0 aliphatic heterocycles. The Morgan fingerprint density at radius 1 is 1.29 bits per heavy atom. The number of imidazole rings is 2. The Morgan fingerprint density at radius 2 is 2.11 bits per heavy atom. The summed E-state index contributed by atoms with van der Waals surface area (Å²) in [6.07, 6.45) is 8.27. The van der Waals surface area contributed by atoms with Gasteiger partial charge in [-0.25, -0.2) is 9.97 Å². The van der Waals surface area contributed by atoms with Crippen molar-refractivity contribution in [3.63, 3.8) is 0 Å². The highest BCUT2D eigenvalue weighted by atomic mass is 32.1. The zero-order valence-electron chi connectivity index (χ0n) is 15.8. The largest absolute Gasteiger partial charge is 0.497 e. The summed E-state index contributed by atoms with van der Waals surface area (Å²) in [5.41, 5.74) is 2.80. The van der Waals surface area contributed by atoms with Crippen LogP contribution in [0.5, 0.6) is 5.75 Å². The van der Waals surface area contributed by atoms with Gasteiger partial charge in [-0.1, -0.05) is 11.3 Å². The highest BCUT2D eigenvalue weighted by Crippen LogP contribution is 2.28. The van der Waals surface area contributed by atoms with Crippen molar-refractivity contribution in [1.29, 1.82) is 0 Å². The summed E-state index contributed by atoms with van der Waals surface area (Å²) in [5.74, 6) is 0.762. The van der Waals surface area contributed by atoms with Gasteiger partial charge in [0.05, 0.1) is 19.1 Å². The maximum Gasteiger partial charge on any atom is 0.263 e. The van der Waals surface area contributed by atoms with E-state index in [1.165, 1.54) is 11.3 Å². The number of nitrogens with one attached hydrogen (secondary N) is 1. The van der Waals surface area contributed by atoms with E-state index in [-0.39, 0.29) is 5.91 Å². The molecule has 1 N–H and O–H groups in total. The van der Waals surface area contributed by atoms with Gasteiger partial charge in [-0.15, -0.1) is 0 Å². The lowest BCUT2D eigenvalue weighted by Crippen LogP contribution is -2.25. The number of amides is 1. The van der Waals surface area contributed by atoms with Gasteiger partial charge in [-0.3, -0.25) is 9.20 Å². The summed E-state index contributed by atoms with van der Waals surface area (Å²) < 4.78 is 9.17. The second-order valence-electron chi connectivity index (χ2n) is 6.43. The lowest BCUT2D eigenvalue weighted by atomic mass is 10.2. The van der Waals surface area contributed by atoms with Gasteiger partial charge >= 0.3 is 0 Å². The standard InChI is InChI=1S/C20H21N5O2S/c1-14-18(19(26)22-8-3-10-24-11-9-21-13-24)28-20-23-17(12-25(14)20)15-4-6-16(27-2)7-5-15/h4-7,9,11-13H,3,8,10H2,1-2H3,(H,22,26). The second kappa shape index (κ2) is 7.85. The number of methoxy groups -OCH3 is 1. The van der Waals surface area contributed by atoms with Crippen LogP contribution < -0.4 is 10.1 Å². The number of fused-ring (bicyclic) bond motifs is 1. The van der Waals surface area contributed by atoms with Gasteiger partial charge < -0.3 is 14.6 Å². The number of carbonyl (C=O) groups excluding carboxylic acids is 1. The van der Waals surface area contributed by atoms with Gasteiger partial charge in [0.15, 0.2) is 4.96 Å². The fourth-order valence-electron chi connectivity index (χ4n) is 3.02. The molecule has 0 saturated heterocycles. The molecule has 3 aromatic heterocycles. The molecule has 0 aliphatic carbocycles. The van der Waals surface area contributed by atoms with Crippen LogP contribution in [0.1, 0.15) is 21.8 Å². The summed E-state index contributed by atoms with van der Waals surface area (Å²) >= 11 is 1.41. The fourth-order valence-corrected chi connectivity index (χ4v) is 4.05. The molecule has 144 valence electrons. The van der Waals surface area contributed by atoms with Crippen LogP contribution in [0, 0.1) is 6.92 Å². The monoisotopic (exact) mass is 395 g/mol. The first-order valence-electron chi connectivity index (χ1n) is 9.02. The molecule has 0 fully saturated rings. The van der Waals surface area contributed by atoms with Gasteiger partial charge in [0, 0.05) is 42.9 Å². The minimum atomic E-state index is -0.0513. The molecule has 7 nitrogen and oxygen atoms in total. The minimum absolute atomic E-state index is 0.0513. The van der Waals surface area contributed by atoms with Crippen LogP contribution >= 0.6 is 11.3 Å². The molecule has 3 heterocycles. The highest BCUT2D eigenvalue weighted by Gasteiger charge is 2.17. The predicted octanol–water partition coefficient (Wildman–Crippen LogP) is 3.40. The molecule has 0 aliphatic rings. The number of carbonyl (C=O) groups is 1. The molecular weight excluding hydrogens is 374 g/mol. The SMILES string of the molecule is COc1ccc(-c2cn3c(C)c(C(=O)NCCCn4ccnc4)sc3n2)cc1. The number of aryl methyl sites for hydroxylation is 2. The number of rotatable bonds is 7. The maximum atomic E-state index is 12.5. The van der Waals surface area contributed by atoms with Gasteiger partial charge in [0.1, 0.15) is 10.6 Å². The van der Waals surface area contributed by atoms with Crippen molar-refractivity contribution in [2.24, 2.45) is 0 Å². The second-order valence-corrected chi connectivity index (χ2v) is 7.41. The van der Waals surface area contributed by atoms with Crippen LogP contribution in [0.25, 0.3) is 16.2 Å². The van der Waals surface area contributed by atoms with Crippen LogP contribution in [0.15, 0.2) is 49.2 Å². The van der Waals surface area contributed by atoms with Crippen LogP contribution in [0.3, 0.4) is 0 Å². The first-order chi connectivity index (χ1) is 13.7. The van der Waals surface area contributed by atoms with Crippen LogP contribution in [0.4, 0.5) is 0 Å². The van der Waals surface area contributed by atoms with Crippen LogP contribution in [0.2, 0.25) is 0 Å². The Balaban J connectivity index is 1.44. The summed E-state index contributed by atoms with van der Waals surface area (Å²) in [7, 11) is 1.65. The lowest BCUT2D eigenvalue weighted by Gasteiger charge is -2.05. The Morgan fingerprint density at radius 3 is 2.79 bits per heavy atom. The third kappa shape index (κ3) is 3.63. The number of benzene rings is 1. The molecule has 0 spiro atoms. The first-order valence-corrected chi connectivity index (χ1v) is 9.84. The molecule has 0 atom stereocenters. The van der Waals surface area contributed by atoms with E-state index in [0.29, 0.717) is 11.4 Å². The van der Waals surface area contributed by atoms with E-state index in [9.17, 15) is 4.79 Å². The predicted molar refractivity (Wildman–Crippen MR) is 109 cm³/mol. The zero-order valence-corrected chi connectivity index (χ0v) is 16.6. The Labute approximate surface area is 166 Å². The van der Waals surface area contributed by atoms with Crippen molar-refractivity contribution in [2.45, 2.75) is 19.9 Å². The van der Waals surface area contributed by atoms with Gasteiger partial charge in [0.2, 0.25) is 0 Å². The molecule has 4 rings (SSSR count). The quantitative estimate of drug-likeness (QED) is 0.487. The molecule has 1 aromatic carbocycles. The third-order valence-electron chi connectivity index (χ3n) is 4.59. The molecule has 0 saturated carbocycles. The minimum Gasteiger partial charge on any atom is -0.497 e. The molecular formula is C20H21N5O2S. The van der Waals surface area contributed by atoms with Crippen molar-refractivity contribution < 1.29 is 9.53 Å². The normalized spacial score (nSPS) is 11.1. The zero-order chi connectivity index (χ0) is 19.5. The number of hydrogen-bond donors (Lipinski definition) is 1. The van der Waals surface area contributed by atoms with E-state index in [0.717, 1.165) is 40.6 Å². The smallest absolute Gasteiger partial charge is 0.263 e. The summed E-state index contributed by atoms with van der Waals surface area (Å²) in [4.78, 5) is 22.8. The van der Waals surface area contributed by atoms with E-state index in [1.807, 2.05) is 52.6 Å². The van der Waals surface area contributed by atoms with Crippen molar-refractivity contribution in [1.82, 2.24) is 24.3 Å². The molecule has 0 radical (unpaired) electrons. The Hall–Kier alpha value is -3.13. The van der Waals surface area contributed by atoms with E-state index in [1.54, 1.807) is 19.6 Å². The maximum absolute atomic E-state index is 12.5. The summed E-state index contributed by atoms with van der Waals surface area (Å²) in [6, 6.07) is 7.79. The van der Waals surface area contributed by atoms with Gasteiger partial charge in [-0.2, -0.15) is 0 Å². The van der Waals surface area contributed by atoms with Crippen molar-refractivity contribution >= 4 is 22.2 Å². The Kier molecular flexibility index (Phi) is 5.12. The topological polar surface area (TPSA) is 73.5 Å². The highest BCUT2D eigenvalue weighted by molar-refractivity contribution is 7.19. The Bertz CT molecular complexity index is 1080. The average molecular weight is 395 g/mol. The van der Waals surface area contributed by atoms with E-state index in [4.69, 9.17) is 4.74 Å². The van der Waals surface area contributed by atoms with Crippen molar-refractivity contribution in [2.75, 3.05) is 13.7 Å².